The summed E-state index contributed by atoms with van der Waals surface area (Å²) < 4.78 is 17.9. The highest BCUT2D eigenvalue weighted by Gasteiger charge is 2.14. The first kappa shape index (κ1) is 21.1. The van der Waals surface area contributed by atoms with E-state index < -0.39 is 17.8 Å². The van der Waals surface area contributed by atoms with Crippen molar-refractivity contribution < 1.29 is 23.5 Å². The van der Waals surface area contributed by atoms with Crippen LogP contribution in [0.2, 0.25) is 0 Å². The van der Waals surface area contributed by atoms with E-state index in [9.17, 15) is 18.8 Å². The lowest BCUT2D eigenvalue weighted by Gasteiger charge is -2.06. The van der Waals surface area contributed by atoms with Crippen molar-refractivity contribution in [1.29, 1.82) is 0 Å². The number of hydrogen-bond donors (Lipinski definition) is 2. The number of carbonyl (C=O) groups excluding carboxylic acids is 3. The summed E-state index contributed by atoms with van der Waals surface area (Å²) in [4.78, 5) is 39.8. The van der Waals surface area contributed by atoms with Crippen molar-refractivity contribution in [3.05, 3.63) is 71.0 Å². The second-order valence-electron chi connectivity index (χ2n) is 6.18. The van der Waals surface area contributed by atoms with Crippen molar-refractivity contribution in [3.8, 4) is 10.6 Å². The van der Waals surface area contributed by atoms with Gasteiger partial charge in [-0.15, -0.1) is 11.3 Å². The van der Waals surface area contributed by atoms with Gasteiger partial charge in [-0.3, -0.25) is 9.59 Å². The molecule has 9 heteroatoms. The first-order valence-corrected chi connectivity index (χ1v) is 9.82. The number of aromatic nitrogens is 1. The van der Waals surface area contributed by atoms with Crippen LogP contribution in [0.5, 0.6) is 0 Å². The number of nitrogens with one attached hydrogen (secondary N) is 2. The molecule has 30 heavy (non-hydrogen) atoms. The van der Waals surface area contributed by atoms with Crippen molar-refractivity contribution in [2.24, 2.45) is 0 Å². The minimum Gasteiger partial charge on any atom is -0.465 e. The van der Waals surface area contributed by atoms with E-state index in [1.807, 2.05) is 5.38 Å². The number of thiazole rings is 1. The van der Waals surface area contributed by atoms with Gasteiger partial charge in [0.2, 0.25) is 0 Å². The molecular weight excluding hydrogens is 409 g/mol. The number of carbonyl (C=O) groups is 3. The molecule has 0 saturated carbocycles. The Morgan fingerprint density at radius 1 is 1.10 bits per heavy atom. The van der Waals surface area contributed by atoms with Crippen LogP contribution in [-0.4, -0.2) is 36.4 Å². The highest BCUT2D eigenvalue weighted by Crippen LogP contribution is 2.24. The Bertz CT molecular complexity index is 1070. The molecule has 0 saturated heterocycles. The maximum Gasteiger partial charge on any atom is 0.337 e. The van der Waals surface area contributed by atoms with Gasteiger partial charge in [0, 0.05) is 29.6 Å². The molecule has 0 radical (unpaired) electrons. The molecule has 0 unspecified atom stereocenters. The highest BCUT2D eigenvalue weighted by atomic mass is 32.1. The number of methoxy groups -OCH3 is 1. The van der Waals surface area contributed by atoms with E-state index in [1.54, 1.807) is 12.1 Å². The van der Waals surface area contributed by atoms with Crippen molar-refractivity contribution in [2.45, 2.75) is 6.42 Å². The summed E-state index contributed by atoms with van der Waals surface area (Å²) in [5.41, 5.74) is 2.13. The summed E-state index contributed by atoms with van der Waals surface area (Å²) in [5, 5.41) is 7.49. The molecule has 2 amide bonds. The van der Waals surface area contributed by atoms with Gasteiger partial charge in [0.05, 0.1) is 18.4 Å². The summed E-state index contributed by atoms with van der Waals surface area (Å²) in [7, 11) is 1.27. The average molecular weight is 427 g/mol. The van der Waals surface area contributed by atoms with Crippen LogP contribution in [0.25, 0.3) is 10.6 Å². The molecule has 154 valence electrons. The van der Waals surface area contributed by atoms with Crippen LogP contribution >= 0.6 is 11.3 Å². The lowest BCUT2D eigenvalue weighted by molar-refractivity contribution is -0.136. The third kappa shape index (κ3) is 5.48. The first-order valence-electron chi connectivity index (χ1n) is 8.94. The zero-order valence-corrected chi connectivity index (χ0v) is 16.8. The van der Waals surface area contributed by atoms with E-state index in [0.29, 0.717) is 28.2 Å². The molecule has 3 aromatic rings. The predicted molar refractivity (Wildman–Crippen MR) is 111 cm³/mol. The molecule has 3 rings (SSSR count). The van der Waals surface area contributed by atoms with E-state index in [1.165, 1.54) is 54.8 Å². The summed E-state index contributed by atoms with van der Waals surface area (Å²) >= 11 is 1.38. The number of rotatable bonds is 6. The maximum absolute atomic E-state index is 13.3. The van der Waals surface area contributed by atoms with E-state index >= 15 is 0 Å². The molecule has 2 N–H and O–H groups in total. The average Bonchev–Trinajstić information content (AvgIpc) is 3.22. The van der Waals surface area contributed by atoms with Crippen LogP contribution in [-0.2, 0) is 20.7 Å². The highest BCUT2D eigenvalue weighted by molar-refractivity contribution is 7.13. The smallest absolute Gasteiger partial charge is 0.337 e. The molecule has 0 atom stereocenters. The van der Waals surface area contributed by atoms with Crippen LogP contribution in [0.1, 0.15) is 16.1 Å². The summed E-state index contributed by atoms with van der Waals surface area (Å²) in [6.07, 6.45) is 0.429. The minimum absolute atomic E-state index is 0.222. The standard InChI is InChI=1S/C21H18FN3O4S/c1-29-21(28)13-5-7-16(8-6-13)24-19(27)18(26)23-10-9-17-12-30-20(25-17)14-3-2-4-15(22)11-14/h2-8,11-12H,9-10H2,1H3,(H,23,26)(H,24,27). The number of amides is 2. The number of halogens is 1. The van der Waals surface area contributed by atoms with Crippen LogP contribution in [0.4, 0.5) is 10.1 Å². The molecule has 0 fully saturated rings. The molecule has 7 nitrogen and oxygen atoms in total. The summed E-state index contributed by atoms with van der Waals surface area (Å²) in [5.74, 6) is -2.43. The largest absolute Gasteiger partial charge is 0.465 e. The molecule has 0 bridgehead atoms. The molecule has 1 heterocycles. The van der Waals surface area contributed by atoms with Crippen LogP contribution in [0.15, 0.2) is 53.9 Å². The molecule has 1 aromatic heterocycles. The fourth-order valence-electron chi connectivity index (χ4n) is 2.56. The van der Waals surface area contributed by atoms with Gasteiger partial charge in [-0.25, -0.2) is 14.2 Å². The Hall–Kier alpha value is -3.59. The van der Waals surface area contributed by atoms with E-state index in [2.05, 4.69) is 20.4 Å². The van der Waals surface area contributed by atoms with E-state index in [-0.39, 0.29) is 12.4 Å². The van der Waals surface area contributed by atoms with Gasteiger partial charge in [-0.05, 0) is 36.4 Å². The topological polar surface area (TPSA) is 97.4 Å². The minimum atomic E-state index is -0.820. The third-order valence-electron chi connectivity index (χ3n) is 4.06. The fourth-order valence-corrected chi connectivity index (χ4v) is 3.41. The molecule has 0 aliphatic heterocycles. The van der Waals surface area contributed by atoms with Gasteiger partial charge in [-0.2, -0.15) is 0 Å². The molecule has 2 aromatic carbocycles. The van der Waals surface area contributed by atoms with Gasteiger partial charge in [0.15, 0.2) is 0 Å². The predicted octanol–water partition coefficient (Wildman–Crippen LogP) is 3.03. The number of benzene rings is 2. The van der Waals surface area contributed by atoms with Crippen LogP contribution < -0.4 is 10.6 Å². The zero-order chi connectivity index (χ0) is 21.5. The lowest BCUT2D eigenvalue weighted by atomic mass is 10.2. The van der Waals surface area contributed by atoms with Gasteiger partial charge in [0.1, 0.15) is 10.8 Å². The molecule has 0 aliphatic carbocycles. The fraction of sp³-hybridized carbons (Fsp3) is 0.143. The quantitative estimate of drug-likeness (QED) is 0.466. The van der Waals surface area contributed by atoms with Crippen LogP contribution in [0.3, 0.4) is 0 Å². The van der Waals surface area contributed by atoms with Crippen molar-refractivity contribution in [2.75, 3.05) is 19.0 Å². The number of anilines is 1. The third-order valence-corrected chi connectivity index (χ3v) is 5.00. The van der Waals surface area contributed by atoms with Crippen LogP contribution in [0, 0.1) is 5.82 Å². The lowest BCUT2D eigenvalue weighted by Crippen LogP contribution is -2.36. The molecule has 0 aliphatic rings. The normalized spacial score (nSPS) is 10.3. The Labute approximate surface area is 175 Å². The Morgan fingerprint density at radius 3 is 2.57 bits per heavy atom. The van der Waals surface area contributed by atoms with Gasteiger partial charge < -0.3 is 15.4 Å². The van der Waals surface area contributed by atoms with Gasteiger partial charge in [0.25, 0.3) is 0 Å². The summed E-state index contributed by atoms with van der Waals surface area (Å²) in [6.45, 7) is 0.222. The second-order valence-corrected chi connectivity index (χ2v) is 7.04. The zero-order valence-electron chi connectivity index (χ0n) is 16.0. The second kappa shape index (κ2) is 9.75. The van der Waals surface area contributed by atoms with E-state index in [0.717, 1.165) is 5.69 Å². The maximum atomic E-state index is 13.3. The van der Waals surface area contributed by atoms with E-state index in [4.69, 9.17) is 0 Å². The SMILES string of the molecule is COC(=O)c1ccc(NC(=O)C(=O)NCCc2csc(-c3cccc(F)c3)n2)cc1. The first-order chi connectivity index (χ1) is 14.5. The number of nitrogens with zero attached hydrogens (tertiary/aromatic N) is 1. The number of esters is 1. The van der Waals surface area contributed by atoms with Crippen molar-refractivity contribution >= 4 is 34.8 Å². The number of ether oxygens (including phenoxy) is 1. The van der Waals surface area contributed by atoms with Gasteiger partial charge in [-0.1, -0.05) is 12.1 Å². The van der Waals surface area contributed by atoms with Crippen molar-refractivity contribution in [3.63, 3.8) is 0 Å². The van der Waals surface area contributed by atoms with Gasteiger partial charge >= 0.3 is 17.8 Å². The number of hydrogen-bond acceptors (Lipinski definition) is 6. The Morgan fingerprint density at radius 2 is 1.87 bits per heavy atom. The molecule has 0 spiro atoms. The molecular formula is C21H18FN3O4S. The monoisotopic (exact) mass is 427 g/mol. The Kier molecular flexibility index (Phi) is 6.87. The Balaban J connectivity index is 1.47. The van der Waals surface area contributed by atoms with Crippen molar-refractivity contribution in [1.82, 2.24) is 10.3 Å². The summed E-state index contributed by atoms with van der Waals surface area (Å²) in [6, 6.07) is 12.1.